The minimum absolute atomic E-state index is 0.0208. The summed E-state index contributed by atoms with van der Waals surface area (Å²) < 4.78 is 43.7. The van der Waals surface area contributed by atoms with Gasteiger partial charge >= 0.3 is 0 Å². The zero-order chi connectivity index (χ0) is 32.3. The van der Waals surface area contributed by atoms with Gasteiger partial charge in [-0.25, -0.2) is 12.7 Å². The van der Waals surface area contributed by atoms with Crippen LogP contribution in [0.1, 0.15) is 58.6 Å². The van der Waals surface area contributed by atoms with Crippen molar-refractivity contribution in [3.05, 3.63) is 89.0 Å². The highest BCUT2D eigenvalue weighted by Crippen LogP contribution is 2.43. The van der Waals surface area contributed by atoms with Crippen molar-refractivity contribution in [3.8, 4) is 11.5 Å². The van der Waals surface area contributed by atoms with Crippen LogP contribution in [0.4, 0.5) is 0 Å². The molecule has 1 N–H and O–H groups in total. The van der Waals surface area contributed by atoms with Gasteiger partial charge in [-0.3, -0.25) is 9.69 Å². The van der Waals surface area contributed by atoms with E-state index < -0.39 is 15.8 Å². The van der Waals surface area contributed by atoms with Crippen molar-refractivity contribution >= 4 is 15.9 Å². The minimum Gasteiger partial charge on any atom is -0.457 e. The fraction of sp³-hybridized carbons (Fsp3) is 0.457. The second-order valence-electron chi connectivity index (χ2n) is 12.5. The molecule has 0 aromatic heterocycles. The molecule has 2 saturated heterocycles. The summed E-state index contributed by atoms with van der Waals surface area (Å²) in [6, 6.07) is 20.2. The Kier molecular flexibility index (Phi) is 9.79. The van der Waals surface area contributed by atoms with Gasteiger partial charge in [0.25, 0.3) is 5.91 Å². The molecular weight excluding hydrogens is 606 g/mol. The van der Waals surface area contributed by atoms with Crippen molar-refractivity contribution in [3.63, 3.8) is 0 Å². The van der Waals surface area contributed by atoms with Gasteiger partial charge in [-0.2, -0.15) is 0 Å². The number of rotatable bonds is 9. The first-order valence-electron chi connectivity index (χ1n) is 16.0. The Morgan fingerprint density at radius 1 is 0.935 bits per heavy atom. The number of nitrogens with zero attached hydrogens (tertiary/aromatic N) is 3. The van der Waals surface area contributed by atoms with Crippen LogP contribution in [-0.2, 0) is 32.6 Å². The van der Waals surface area contributed by atoms with Gasteiger partial charge in [-0.1, -0.05) is 18.2 Å². The molecule has 3 aromatic rings. The van der Waals surface area contributed by atoms with E-state index in [9.17, 15) is 18.3 Å². The van der Waals surface area contributed by atoms with E-state index in [4.69, 9.17) is 14.2 Å². The largest absolute Gasteiger partial charge is 0.457 e. The lowest BCUT2D eigenvalue weighted by molar-refractivity contribution is -0.178. The molecule has 2 aliphatic heterocycles. The maximum atomic E-state index is 13.2. The lowest BCUT2D eigenvalue weighted by atomic mass is 9.80. The number of ether oxygens (including phenoxy) is 3. The molecule has 3 fully saturated rings. The summed E-state index contributed by atoms with van der Waals surface area (Å²) in [7, 11) is -0.406. The van der Waals surface area contributed by atoms with E-state index in [0.29, 0.717) is 55.8 Å². The second kappa shape index (κ2) is 13.8. The Balaban J connectivity index is 1.00. The van der Waals surface area contributed by atoms with Crippen LogP contribution in [-0.4, -0.2) is 92.8 Å². The summed E-state index contributed by atoms with van der Waals surface area (Å²) in [6.07, 6.45) is 3.73. The first-order chi connectivity index (χ1) is 22.2. The van der Waals surface area contributed by atoms with E-state index >= 15 is 0 Å². The third kappa shape index (κ3) is 7.15. The fourth-order valence-corrected chi connectivity index (χ4v) is 7.47. The first kappa shape index (κ1) is 32.6. The number of piperazine rings is 1. The topological polar surface area (TPSA) is 109 Å². The van der Waals surface area contributed by atoms with Crippen LogP contribution < -0.4 is 4.74 Å². The molecule has 0 atom stereocenters. The van der Waals surface area contributed by atoms with Crippen LogP contribution in [0.15, 0.2) is 71.6 Å². The highest BCUT2D eigenvalue weighted by Gasteiger charge is 2.40. The number of carbonyl (C=O) groups is 1. The van der Waals surface area contributed by atoms with Crippen LogP contribution in [0, 0.1) is 0 Å². The summed E-state index contributed by atoms with van der Waals surface area (Å²) >= 11 is 0. The molecule has 1 amide bonds. The molecule has 2 heterocycles. The Bertz CT molecular complexity index is 1600. The van der Waals surface area contributed by atoms with Crippen molar-refractivity contribution < 1.29 is 32.5 Å². The normalized spacial score (nSPS) is 19.2. The Labute approximate surface area is 271 Å². The van der Waals surface area contributed by atoms with Gasteiger partial charge in [0.15, 0.2) is 5.79 Å². The molecule has 3 aliphatic rings. The van der Waals surface area contributed by atoms with E-state index in [1.54, 1.807) is 36.4 Å². The van der Waals surface area contributed by atoms with E-state index in [-0.39, 0.29) is 17.4 Å². The molecule has 0 unspecified atom stereocenters. The first-order valence-corrected chi connectivity index (χ1v) is 17.4. The van der Waals surface area contributed by atoms with E-state index in [2.05, 4.69) is 11.0 Å². The number of aliphatic hydroxyl groups is 1. The molecule has 0 radical (unpaired) electrons. The van der Waals surface area contributed by atoms with Crippen LogP contribution in [0.3, 0.4) is 0 Å². The van der Waals surface area contributed by atoms with Crippen molar-refractivity contribution in [2.45, 2.75) is 55.4 Å². The van der Waals surface area contributed by atoms with Gasteiger partial charge in [0.05, 0.1) is 24.7 Å². The lowest BCUT2D eigenvalue weighted by Gasteiger charge is -2.35. The number of amides is 1. The maximum absolute atomic E-state index is 13.2. The molecule has 0 bridgehead atoms. The maximum Gasteiger partial charge on any atom is 0.253 e. The molecule has 11 heteroatoms. The van der Waals surface area contributed by atoms with E-state index in [1.807, 2.05) is 29.2 Å². The lowest BCUT2D eigenvalue weighted by Crippen LogP contribution is -2.48. The molecule has 1 aliphatic carbocycles. The number of hydrogen-bond acceptors (Lipinski definition) is 8. The zero-order valence-corrected chi connectivity index (χ0v) is 27.4. The van der Waals surface area contributed by atoms with Crippen molar-refractivity contribution in [2.75, 3.05) is 53.5 Å². The summed E-state index contributed by atoms with van der Waals surface area (Å²) in [5, 5.41) is 10.1. The SMILES string of the molecule is CN(C)S(=O)(=O)c1ccc(CN2CCN(C(=O)c3ccc(Oc4ccc(C5CCC6(CC5)OCCO6)cc4CO)cc3)CC2)cc1. The van der Waals surface area contributed by atoms with Crippen LogP contribution in [0.2, 0.25) is 0 Å². The zero-order valence-electron chi connectivity index (χ0n) is 26.6. The Hall–Kier alpha value is -3.32. The van der Waals surface area contributed by atoms with Crippen molar-refractivity contribution in [2.24, 2.45) is 0 Å². The van der Waals surface area contributed by atoms with Crippen molar-refractivity contribution in [1.82, 2.24) is 14.1 Å². The predicted octanol–water partition coefficient (Wildman–Crippen LogP) is 4.58. The molecule has 10 nitrogen and oxygen atoms in total. The van der Waals surface area contributed by atoms with Gasteiger partial charge in [0.1, 0.15) is 11.5 Å². The van der Waals surface area contributed by atoms with E-state index in [1.165, 1.54) is 24.0 Å². The fourth-order valence-electron chi connectivity index (χ4n) is 6.57. The molecule has 1 saturated carbocycles. The summed E-state index contributed by atoms with van der Waals surface area (Å²) in [5.41, 5.74) is 3.56. The molecule has 246 valence electrons. The standard InChI is InChI=1S/C35H43N3O7S/c1-36(2)46(41,42)32-10-3-26(4-11-32)24-37-17-19-38(20-18-37)34(40)28-5-8-31(9-6-28)45-33-12-7-29(23-30(33)25-39)27-13-15-35(16-14-27)43-21-22-44-35/h3-12,23,27,39H,13-22,24-25H2,1-2H3. The third-order valence-electron chi connectivity index (χ3n) is 9.38. The van der Waals surface area contributed by atoms with Gasteiger partial charge in [0, 0.05) is 70.8 Å². The number of hydrogen-bond donors (Lipinski definition) is 1. The molecule has 46 heavy (non-hydrogen) atoms. The predicted molar refractivity (Wildman–Crippen MR) is 173 cm³/mol. The highest BCUT2D eigenvalue weighted by molar-refractivity contribution is 7.89. The number of carbonyl (C=O) groups excluding carboxylic acids is 1. The smallest absolute Gasteiger partial charge is 0.253 e. The number of benzene rings is 3. The Morgan fingerprint density at radius 2 is 1.59 bits per heavy atom. The quantitative estimate of drug-likeness (QED) is 0.359. The second-order valence-corrected chi connectivity index (χ2v) is 14.7. The van der Waals surface area contributed by atoms with Crippen LogP contribution >= 0.6 is 0 Å². The summed E-state index contributed by atoms with van der Waals surface area (Å²) in [5.74, 6) is 1.18. The monoisotopic (exact) mass is 649 g/mol. The Morgan fingerprint density at radius 3 is 2.20 bits per heavy atom. The van der Waals surface area contributed by atoms with Crippen LogP contribution in [0.5, 0.6) is 11.5 Å². The highest BCUT2D eigenvalue weighted by atomic mass is 32.2. The molecule has 6 rings (SSSR count). The summed E-state index contributed by atoms with van der Waals surface area (Å²) in [6.45, 7) is 4.59. The minimum atomic E-state index is -3.45. The molecule has 3 aromatic carbocycles. The number of aliphatic hydroxyl groups excluding tert-OH is 1. The third-order valence-corrected chi connectivity index (χ3v) is 11.2. The van der Waals surface area contributed by atoms with Gasteiger partial charge in [0.2, 0.25) is 10.0 Å². The summed E-state index contributed by atoms with van der Waals surface area (Å²) in [4.78, 5) is 17.7. The van der Waals surface area contributed by atoms with Crippen molar-refractivity contribution in [1.29, 1.82) is 0 Å². The average Bonchev–Trinajstić information content (AvgIpc) is 3.53. The van der Waals surface area contributed by atoms with E-state index in [0.717, 1.165) is 49.9 Å². The van der Waals surface area contributed by atoms with Crippen LogP contribution in [0.25, 0.3) is 0 Å². The van der Waals surface area contributed by atoms with Gasteiger partial charge in [-0.15, -0.1) is 0 Å². The molecule has 1 spiro atoms. The molecular formula is C35H43N3O7S. The van der Waals surface area contributed by atoms with Gasteiger partial charge in [-0.05, 0) is 78.4 Å². The average molecular weight is 650 g/mol. The number of sulfonamides is 1. The van der Waals surface area contributed by atoms with Gasteiger partial charge < -0.3 is 24.2 Å².